The van der Waals surface area contributed by atoms with Gasteiger partial charge >= 0.3 is 0 Å². The first-order chi connectivity index (χ1) is 15.8. The van der Waals surface area contributed by atoms with Crippen molar-refractivity contribution < 1.29 is 23.1 Å². The van der Waals surface area contributed by atoms with Gasteiger partial charge in [0, 0.05) is 48.6 Å². The summed E-state index contributed by atoms with van der Waals surface area (Å²) in [6.07, 6.45) is 2.18. The van der Waals surface area contributed by atoms with Crippen LogP contribution in [0.4, 0.5) is 0 Å². The number of nitrogens with zero attached hydrogens (tertiary/aromatic N) is 2. The molecule has 0 spiro atoms. The summed E-state index contributed by atoms with van der Waals surface area (Å²) >= 11 is 5.86. The summed E-state index contributed by atoms with van der Waals surface area (Å²) in [4.78, 5) is 27.8. The van der Waals surface area contributed by atoms with Crippen molar-refractivity contribution >= 4 is 33.3 Å². The molecule has 9 heteroatoms. The summed E-state index contributed by atoms with van der Waals surface area (Å²) in [6, 6.07) is 12.4. The number of aromatic hydroxyl groups is 1. The Morgan fingerprint density at radius 1 is 0.818 bits per heavy atom. The number of hydrogen-bond donors (Lipinski definition) is 1. The fraction of sp³-hybridized carbons (Fsp3) is 0.417. The molecule has 0 atom stereocenters. The zero-order valence-corrected chi connectivity index (χ0v) is 19.8. The minimum atomic E-state index is -3.60. The first-order valence-corrected chi connectivity index (χ1v) is 13.0. The van der Waals surface area contributed by atoms with Crippen LogP contribution in [0.25, 0.3) is 0 Å². The molecule has 1 N–H and O–H groups in total. The van der Waals surface area contributed by atoms with Gasteiger partial charge in [-0.05, 0) is 74.2 Å². The SMILES string of the molecule is O=C(c1ccc(O)cc1)C1CCN(C(=O)C2CCN(S(=O)(=O)c3ccc(Cl)cc3)CC2)CC1. The van der Waals surface area contributed by atoms with Crippen LogP contribution in [0.2, 0.25) is 5.02 Å². The monoisotopic (exact) mass is 490 g/mol. The standard InChI is InChI=1S/C24H27ClN2O5S/c25-20-3-7-22(8-4-20)33(31,32)27-15-11-19(12-16-27)24(30)26-13-9-18(10-14-26)23(29)17-1-5-21(28)6-2-17/h1-8,18-19,28H,9-16H2. The van der Waals surface area contributed by atoms with Crippen molar-refractivity contribution in [1.82, 2.24) is 9.21 Å². The average Bonchev–Trinajstić information content (AvgIpc) is 2.84. The van der Waals surface area contributed by atoms with Gasteiger partial charge < -0.3 is 10.0 Å². The molecule has 2 aliphatic rings. The van der Waals surface area contributed by atoms with Crippen LogP contribution in [0, 0.1) is 11.8 Å². The van der Waals surface area contributed by atoms with Gasteiger partial charge in [0.2, 0.25) is 15.9 Å². The first kappa shape index (κ1) is 23.7. The molecule has 0 radical (unpaired) electrons. The summed E-state index contributed by atoms with van der Waals surface area (Å²) in [6.45, 7) is 1.65. The molecular formula is C24H27ClN2O5S. The fourth-order valence-electron chi connectivity index (χ4n) is 4.58. The lowest BCUT2D eigenvalue weighted by molar-refractivity contribution is -0.138. The molecule has 2 heterocycles. The lowest BCUT2D eigenvalue weighted by Crippen LogP contribution is -2.47. The predicted octanol–water partition coefficient (Wildman–Crippen LogP) is 3.57. The summed E-state index contributed by atoms with van der Waals surface area (Å²) in [5, 5.41) is 9.88. The summed E-state index contributed by atoms with van der Waals surface area (Å²) in [5.41, 5.74) is 0.576. The third-order valence-corrected chi connectivity index (χ3v) is 8.75. The van der Waals surface area contributed by atoms with E-state index >= 15 is 0 Å². The Morgan fingerprint density at radius 3 is 1.94 bits per heavy atom. The first-order valence-electron chi connectivity index (χ1n) is 11.1. The predicted molar refractivity (Wildman–Crippen MR) is 125 cm³/mol. The lowest BCUT2D eigenvalue weighted by Gasteiger charge is -2.36. The van der Waals surface area contributed by atoms with Crippen LogP contribution < -0.4 is 0 Å². The number of piperidine rings is 2. The van der Waals surface area contributed by atoms with Gasteiger partial charge in [-0.15, -0.1) is 0 Å². The largest absolute Gasteiger partial charge is 0.508 e. The van der Waals surface area contributed by atoms with E-state index in [4.69, 9.17) is 11.6 Å². The number of halogens is 1. The van der Waals surface area contributed by atoms with E-state index in [1.165, 1.54) is 28.6 Å². The second kappa shape index (κ2) is 9.83. The Labute approximate surface area is 199 Å². The van der Waals surface area contributed by atoms with Gasteiger partial charge in [-0.3, -0.25) is 9.59 Å². The van der Waals surface area contributed by atoms with Crippen molar-refractivity contribution in [3.05, 3.63) is 59.1 Å². The van der Waals surface area contributed by atoms with Crippen LogP contribution in [0.5, 0.6) is 5.75 Å². The molecule has 33 heavy (non-hydrogen) atoms. The topological polar surface area (TPSA) is 95.0 Å². The maximum absolute atomic E-state index is 13.0. The lowest BCUT2D eigenvalue weighted by atomic mass is 9.87. The molecule has 0 unspecified atom stereocenters. The molecule has 2 aromatic carbocycles. The molecule has 4 rings (SSSR count). The minimum absolute atomic E-state index is 0.0443. The summed E-state index contributed by atoms with van der Waals surface area (Å²) < 4.78 is 27.1. The van der Waals surface area contributed by atoms with Crippen molar-refractivity contribution in [3.8, 4) is 5.75 Å². The number of likely N-dealkylation sites (tertiary alicyclic amines) is 1. The van der Waals surface area contributed by atoms with E-state index in [1.807, 2.05) is 4.90 Å². The van der Waals surface area contributed by atoms with Crippen LogP contribution in [-0.2, 0) is 14.8 Å². The molecule has 7 nitrogen and oxygen atoms in total. The van der Waals surface area contributed by atoms with Gasteiger partial charge in [0.25, 0.3) is 0 Å². The number of ketones is 1. The highest BCUT2D eigenvalue weighted by atomic mass is 35.5. The van der Waals surface area contributed by atoms with Crippen molar-refractivity contribution in [1.29, 1.82) is 0 Å². The van der Waals surface area contributed by atoms with Crippen LogP contribution >= 0.6 is 11.6 Å². The average molecular weight is 491 g/mol. The molecular weight excluding hydrogens is 464 g/mol. The van der Waals surface area contributed by atoms with E-state index in [0.717, 1.165) is 0 Å². The zero-order valence-electron chi connectivity index (χ0n) is 18.2. The van der Waals surface area contributed by atoms with Gasteiger partial charge in [0.15, 0.2) is 5.78 Å². The van der Waals surface area contributed by atoms with Crippen LogP contribution in [0.3, 0.4) is 0 Å². The smallest absolute Gasteiger partial charge is 0.243 e. The zero-order chi connectivity index (χ0) is 23.6. The summed E-state index contributed by atoms with van der Waals surface area (Å²) in [5.74, 6) is -0.119. The number of carbonyl (C=O) groups excluding carboxylic acids is 2. The van der Waals surface area contributed by atoms with Crippen LogP contribution in [0.1, 0.15) is 36.0 Å². The van der Waals surface area contributed by atoms with E-state index < -0.39 is 10.0 Å². The van der Waals surface area contributed by atoms with E-state index in [1.54, 1.807) is 24.3 Å². The van der Waals surface area contributed by atoms with Crippen LogP contribution in [-0.4, -0.2) is 60.6 Å². The number of carbonyl (C=O) groups is 2. The summed E-state index contributed by atoms with van der Waals surface area (Å²) in [7, 11) is -3.60. The second-order valence-electron chi connectivity index (χ2n) is 8.64. The minimum Gasteiger partial charge on any atom is -0.508 e. The number of hydrogen-bond acceptors (Lipinski definition) is 5. The van der Waals surface area contributed by atoms with Crippen LogP contribution in [0.15, 0.2) is 53.4 Å². The quantitative estimate of drug-likeness (QED) is 0.646. The molecule has 1 amide bonds. The Hall–Kier alpha value is -2.42. The highest BCUT2D eigenvalue weighted by molar-refractivity contribution is 7.89. The molecule has 0 bridgehead atoms. The van der Waals surface area contributed by atoms with Crippen molar-refractivity contribution in [2.24, 2.45) is 11.8 Å². The number of phenolic OH excluding ortho intramolecular Hbond substituents is 1. The van der Waals surface area contributed by atoms with Gasteiger partial charge in [-0.25, -0.2) is 8.42 Å². The Bertz CT molecular complexity index is 1100. The molecule has 0 aromatic heterocycles. The van der Waals surface area contributed by atoms with Gasteiger partial charge in [-0.1, -0.05) is 11.6 Å². The molecule has 176 valence electrons. The van der Waals surface area contributed by atoms with Crippen molar-refractivity contribution in [3.63, 3.8) is 0 Å². The van der Waals surface area contributed by atoms with Gasteiger partial charge in [-0.2, -0.15) is 4.31 Å². The molecule has 2 aromatic rings. The number of amides is 1. The number of phenols is 1. The number of benzene rings is 2. The molecule has 2 fully saturated rings. The van der Waals surface area contributed by atoms with Crippen molar-refractivity contribution in [2.75, 3.05) is 26.2 Å². The Kier molecular flexibility index (Phi) is 7.07. The molecule has 0 aliphatic carbocycles. The number of Topliss-reactive ketones (excluding diaryl/α,β-unsaturated/α-hetero) is 1. The van der Waals surface area contributed by atoms with E-state index in [9.17, 15) is 23.1 Å². The highest BCUT2D eigenvalue weighted by Crippen LogP contribution is 2.28. The third kappa shape index (κ3) is 5.23. The Morgan fingerprint density at radius 2 is 1.36 bits per heavy atom. The van der Waals surface area contributed by atoms with Gasteiger partial charge in [0.05, 0.1) is 4.90 Å². The fourth-order valence-corrected chi connectivity index (χ4v) is 6.18. The number of sulfonamides is 1. The maximum Gasteiger partial charge on any atom is 0.243 e. The third-order valence-electron chi connectivity index (χ3n) is 6.58. The second-order valence-corrected chi connectivity index (χ2v) is 11.0. The maximum atomic E-state index is 13.0. The molecule has 2 saturated heterocycles. The molecule has 2 aliphatic heterocycles. The van der Waals surface area contributed by atoms with Gasteiger partial charge in [0.1, 0.15) is 5.75 Å². The van der Waals surface area contributed by atoms with E-state index in [2.05, 4.69) is 0 Å². The number of rotatable bonds is 5. The normalized spacial score (nSPS) is 18.9. The molecule has 0 saturated carbocycles. The van der Waals surface area contributed by atoms with E-state index in [0.29, 0.717) is 62.4 Å². The van der Waals surface area contributed by atoms with E-state index in [-0.39, 0.29) is 34.2 Å². The highest BCUT2D eigenvalue weighted by Gasteiger charge is 2.35. The van der Waals surface area contributed by atoms with Crippen molar-refractivity contribution in [2.45, 2.75) is 30.6 Å². The Balaban J connectivity index is 1.29.